The summed E-state index contributed by atoms with van der Waals surface area (Å²) >= 11 is 0. The van der Waals surface area contributed by atoms with Crippen molar-refractivity contribution in [3.63, 3.8) is 0 Å². The molecule has 1 N–H and O–H groups in total. The minimum absolute atomic E-state index is 0.505. The van der Waals surface area contributed by atoms with Crippen molar-refractivity contribution in [3.05, 3.63) is 17.5 Å². The molecule has 70 valence electrons. The van der Waals surface area contributed by atoms with Gasteiger partial charge in [-0.3, -0.25) is 0 Å². The summed E-state index contributed by atoms with van der Waals surface area (Å²) in [5, 5.41) is 13.0. The third-order valence-electron chi connectivity index (χ3n) is 1.23. The van der Waals surface area contributed by atoms with Gasteiger partial charge >= 0.3 is 0 Å². The molecule has 0 saturated carbocycles. The lowest BCUT2D eigenvalue weighted by atomic mass is 10.1. The third-order valence-corrected chi connectivity index (χ3v) is 1.23. The second-order valence-electron chi connectivity index (χ2n) is 2.89. The first-order valence-corrected chi connectivity index (χ1v) is 4.16. The van der Waals surface area contributed by atoms with Gasteiger partial charge in [-0.05, 0) is 20.8 Å². The molecule has 1 heterocycles. The van der Waals surface area contributed by atoms with Gasteiger partial charge in [0.15, 0.2) is 5.76 Å². The van der Waals surface area contributed by atoms with Gasteiger partial charge in [0, 0.05) is 6.07 Å². The van der Waals surface area contributed by atoms with Crippen LogP contribution in [-0.2, 0) is 5.60 Å². The first kappa shape index (κ1) is 11.2. The molecule has 1 rings (SSSR count). The Morgan fingerprint density at radius 1 is 1.42 bits per heavy atom. The van der Waals surface area contributed by atoms with Gasteiger partial charge in [-0.15, -0.1) is 0 Å². The fourth-order valence-electron chi connectivity index (χ4n) is 0.652. The fourth-order valence-corrected chi connectivity index (χ4v) is 0.652. The zero-order chi connectivity index (χ0) is 9.78. The highest BCUT2D eigenvalue weighted by atomic mass is 16.5. The van der Waals surface area contributed by atoms with Crippen LogP contribution in [0.5, 0.6) is 0 Å². The van der Waals surface area contributed by atoms with Crippen molar-refractivity contribution in [3.8, 4) is 0 Å². The summed E-state index contributed by atoms with van der Waals surface area (Å²) in [6.45, 7) is 9.14. The quantitative estimate of drug-likeness (QED) is 0.704. The van der Waals surface area contributed by atoms with Gasteiger partial charge in [-0.25, -0.2) is 0 Å². The second kappa shape index (κ2) is 4.26. The Bertz CT molecular complexity index is 223. The first-order valence-electron chi connectivity index (χ1n) is 4.16. The number of aryl methyl sites for hydroxylation is 1. The van der Waals surface area contributed by atoms with Gasteiger partial charge in [0.2, 0.25) is 0 Å². The molecule has 0 saturated heterocycles. The minimum atomic E-state index is -0.915. The largest absolute Gasteiger partial charge is 0.382 e. The van der Waals surface area contributed by atoms with Crippen molar-refractivity contribution in [2.24, 2.45) is 0 Å². The van der Waals surface area contributed by atoms with Crippen molar-refractivity contribution in [2.45, 2.75) is 40.2 Å². The predicted molar refractivity (Wildman–Crippen MR) is 47.8 cm³/mol. The molecule has 0 amide bonds. The fraction of sp³-hybridized carbons (Fsp3) is 0.667. The van der Waals surface area contributed by atoms with E-state index in [2.05, 4.69) is 5.16 Å². The van der Waals surface area contributed by atoms with E-state index in [1.54, 1.807) is 19.9 Å². The van der Waals surface area contributed by atoms with Crippen LogP contribution in [0.4, 0.5) is 0 Å². The average Bonchev–Trinajstić information content (AvgIpc) is 2.39. The molecule has 0 aromatic carbocycles. The lowest BCUT2D eigenvalue weighted by Gasteiger charge is -2.10. The number of rotatable bonds is 1. The monoisotopic (exact) mass is 171 g/mol. The van der Waals surface area contributed by atoms with E-state index in [1.807, 2.05) is 20.8 Å². The van der Waals surface area contributed by atoms with E-state index < -0.39 is 5.60 Å². The van der Waals surface area contributed by atoms with Crippen LogP contribution >= 0.6 is 0 Å². The summed E-state index contributed by atoms with van der Waals surface area (Å²) in [5.74, 6) is 0.505. The molecule has 0 spiro atoms. The maximum absolute atomic E-state index is 9.37. The maximum atomic E-state index is 9.37. The molecule has 0 aliphatic carbocycles. The molecule has 0 fully saturated rings. The highest BCUT2D eigenvalue weighted by molar-refractivity contribution is 5.08. The van der Waals surface area contributed by atoms with Crippen LogP contribution in [0.25, 0.3) is 0 Å². The average molecular weight is 171 g/mol. The molecule has 0 radical (unpaired) electrons. The Labute approximate surface area is 73.4 Å². The summed E-state index contributed by atoms with van der Waals surface area (Å²) in [4.78, 5) is 0. The number of hydrogen-bond donors (Lipinski definition) is 1. The van der Waals surface area contributed by atoms with Crippen molar-refractivity contribution < 1.29 is 9.63 Å². The standard InChI is InChI=1S/C7H11NO2.C2H6/c1-5-4-6(10-8-5)7(2,3)9;1-2/h4,9H,1-3H3;1-2H3. The van der Waals surface area contributed by atoms with Crippen LogP contribution in [0.2, 0.25) is 0 Å². The van der Waals surface area contributed by atoms with Crippen LogP contribution in [0.1, 0.15) is 39.1 Å². The van der Waals surface area contributed by atoms with E-state index in [0.29, 0.717) is 5.76 Å². The zero-order valence-corrected chi connectivity index (χ0v) is 8.38. The van der Waals surface area contributed by atoms with Gasteiger partial charge in [0.1, 0.15) is 5.60 Å². The highest BCUT2D eigenvalue weighted by Gasteiger charge is 2.20. The molecule has 0 unspecified atom stereocenters. The van der Waals surface area contributed by atoms with Crippen molar-refractivity contribution in [1.29, 1.82) is 0 Å². The maximum Gasteiger partial charge on any atom is 0.167 e. The Hall–Kier alpha value is -0.830. The highest BCUT2D eigenvalue weighted by Crippen LogP contribution is 2.19. The first-order chi connectivity index (χ1) is 5.50. The summed E-state index contributed by atoms with van der Waals surface area (Å²) in [6, 6.07) is 1.72. The lowest BCUT2D eigenvalue weighted by Crippen LogP contribution is -2.13. The number of aliphatic hydroxyl groups is 1. The molecule has 3 heteroatoms. The molecule has 0 aliphatic heterocycles. The van der Waals surface area contributed by atoms with Gasteiger partial charge in [-0.2, -0.15) is 0 Å². The number of aromatic nitrogens is 1. The van der Waals surface area contributed by atoms with Crippen molar-refractivity contribution in [1.82, 2.24) is 5.16 Å². The molecular formula is C9H17NO2. The van der Waals surface area contributed by atoms with E-state index in [1.165, 1.54) is 0 Å². The van der Waals surface area contributed by atoms with E-state index in [0.717, 1.165) is 5.69 Å². The summed E-state index contributed by atoms with van der Waals surface area (Å²) in [7, 11) is 0. The SMILES string of the molecule is CC.Cc1cc(C(C)(C)O)on1. The molecule has 0 atom stereocenters. The second-order valence-corrected chi connectivity index (χ2v) is 2.89. The predicted octanol–water partition coefficient (Wildman–Crippen LogP) is 2.24. The van der Waals surface area contributed by atoms with Crippen molar-refractivity contribution >= 4 is 0 Å². The van der Waals surface area contributed by atoms with Gasteiger partial charge < -0.3 is 9.63 Å². The smallest absolute Gasteiger partial charge is 0.167 e. The lowest BCUT2D eigenvalue weighted by molar-refractivity contribution is 0.0475. The molecule has 3 nitrogen and oxygen atoms in total. The van der Waals surface area contributed by atoms with E-state index in [4.69, 9.17) is 4.52 Å². The molecular weight excluding hydrogens is 154 g/mol. The zero-order valence-electron chi connectivity index (χ0n) is 8.38. The molecule has 0 aliphatic rings. The van der Waals surface area contributed by atoms with E-state index in [9.17, 15) is 5.11 Å². The van der Waals surface area contributed by atoms with Crippen LogP contribution in [0, 0.1) is 6.92 Å². The molecule has 1 aromatic heterocycles. The Morgan fingerprint density at radius 2 is 1.92 bits per heavy atom. The topological polar surface area (TPSA) is 46.3 Å². The summed E-state index contributed by atoms with van der Waals surface area (Å²) in [6.07, 6.45) is 0. The Balaban J connectivity index is 0.000000561. The van der Waals surface area contributed by atoms with Crippen LogP contribution in [0.3, 0.4) is 0 Å². The van der Waals surface area contributed by atoms with E-state index >= 15 is 0 Å². The molecule has 1 aromatic rings. The Kier molecular flexibility index (Phi) is 3.96. The van der Waals surface area contributed by atoms with Crippen LogP contribution in [0.15, 0.2) is 10.6 Å². The van der Waals surface area contributed by atoms with E-state index in [-0.39, 0.29) is 0 Å². The number of nitrogens with zero attached hydrogens (tertiary/aromatic N) is 1. The van der Waals surface area contributed by atoms with Crippen LogP contribution < -0.4 is 0 Å². The van der Waals surface area contributed by atoms with Crippen molar-refractivity contribution in [2.75, 3.05) is 0 Å². The van der Waals surface area contributed by atoms with Crippen LogP contribution in [-0.4, -0.2) is 10.3 Å². The molecule has 0 bridgehead atoms. The normalized spacial score (nSPS) is 10.5. The Morgan fingerprint density at radius 3 is 2.08 bits per heavy atom. The molecule has 12 heavy (non-hydrogen) atoms. The summed E-state index contributed by atoms with van der Waals surface area (Å²) < 4.78 is 4.83. The third kappa shape index (κ3) is 3.05. The van der Waals surface area contributed by atoms with Gasteiger partial charge in [0.25, 0.3) is 0 Å². The van der Waals surface area contributed by atoms with Gasteiger partial charge in [0.05, 0.1) is 5.69 Å². The summed E-state index contributed by atoms with van der Waals surface area (Å²) in [5.41, 5.74) is -0.126. The minimum Gasteiger partial charge on any atom is -0.382 e. The number of hydrogen-bond acceptors (Lipinski definition) is 3. The van der Waals surface area contributed by atoms with Gasteiger partial charge in [-0.1, -0.05) is 19.0 Å².